The first kappa shape index (κ1) is 27.1. The lowest BCUT2D eigenvalue weighted by molar-refractivity contribution is -0.123. The summed E-state index contributed by atoms with van der Waals surface area (Å²) in [6.07, 6.45) is 3.68. The lowest BCUT2D eigenvalue weighted by atomic mass is 9.59. The molecule has 9 nitrogen and oxygen atoms in total. The number of para-hydroxylation sites is 1. The van der Waals surface area contributed by atoms with Crippen molar-refractivity contribution in [1.29, 1.82) is 0 Å². The lowest BCUT2D eigenvalue weighted by Crippen LogP contribution is -2.40. The van der Waals surface area contributed by atoms with Crippen molar-refractivity contribution in [3.05, 3.63) is 88.5 Å². The fourth-order valence-electron chi connectivity index (χ4n) is 6.80. The van der Waals surface area contributed by atoms with E-state index in [0.717, 1.165) is 10.5 Å². The van der Waals surface area contributed by atoms with Crippen molar-refractivity contribution in [2.24, 2.45) is 17.8 Å². The minimum Gasteiger partial charge on any atom is -0.491 e. The predicted octanol–water partition coefficient (Wildman–Crippen LogP) is 1.37. The Kier molecular flexibility index (Phi) is 6.85. The summed E-state index contributed by atoms with van der Waals surface area (Å²) in [5, 5.41) is 28.7. The van der Waals surface area contributed by atoms with Crippen LogP contribution in [0.1, 0.15) is 31.2 Å². The average Bonchev–Trinajstić information content (AvgIpc) is 3.23. The Morgan fingerprint density at radius 2 is 1.78 bits per heavy atom. The third-order valence-electron chi connectivity index (χ3n) is 8.57. The molecule has 6 rings (SSSR count). The van der Waals surface area contributed by atoms with Crippen LogP contribution in [0, 0.1) is 17.8 Å². The van der Waals surface area contributed by atoms with Gasteiger partial charge in [-0.3, -0.25) is 24.1 Å². The van der Waals surface area contributed by atoms with Crippen LogP contribution in [0.3, 0.4) is 0 Å². The van der Waals surface area contributed by atoms with E-state index in [1.165, 1.54) is 18.2 Å². The molecule has 0 aromatic heterocycles. The number of ether oxygens (including phenoxy) is 1. The molecule has 0 saturated carbocycles. The molecule has 3 aliphatic carbocycles. The van der Waals surface area contributed by atoms with E-state index in [1.807, 2.05) is 18.2 Å². The summed E-state index contributed by atoms with van der Waals surface area (Å²) in [5.41, 5.74) is 2.89. The van der Waals surface area contributed by atoms with Crippen LogP contribution >= 0.6 is 0 Å². The van der Waals surface area contributed by atoms with Crippen LogP contribution in [0.2, 0.25) is 0 Å². The minimum atomic E-state index is -1.76. The van der Waals surface area contributed by atoms with E-state index in [-0.39, 0.29) is 54.7 Å². The van der Waals surface area contributed by atoms with Gasteiger partial charge in [-0.05, 0) is 55.4 Å². The molecule has 10 heteroatoms. The number of aliphatic hydroxyl groups is 1. The molecule has 208 valence electrons. The molecule has 2 aromatic carbocycles. The maximum atomic E-state index is 14.0. The number of allylic oxidation sites excluding steroid dienone is 6. The van der Waals surface area contributed by atoms with E-state index < -0.39 is 36.7 Å². The zero-order valence-corrected chi connectivity index (χ0v) is 22.3. The van der Waals surface area contributed by atoms with Crippen LogP contribution in [0.5, 0.6) is 5.75 Å². The number of nitrogens with zero attached hydrogens (tertiary/aromatic N) is 1. The number of benzene rings is 2. The highest BCUT2D eigenvalue weighted by molar-refractivity contribution is 6.58. The molecule has 3 N–H and O–H groups in total. The number of carbonyl (C=O) groups excluding carboxylic acids is 4. The van der Waals surface area contributed by atoms with E-state index in [9.17, 15) is 34.3 Å². The Labute approximate surface area is 236 Å². The molecule has 2 amide bonds. The zero-order chi connectivity index (χ0) is 29.0. The number of imide groups is 1. The molecule has 4 atom stereocenters. The van der Waals surface area contributed by atoms with Gasteiger partial charge in [-0.25, -0.2) is 0 Å². The third-order valence-corrected chi connectivity index (χ3v) is 8.57. The van der Waals surface area contributed by atoms with E-state index in [4.69, 9.17) is 4.74 Å². The van der Waals surface area contributed by atoms with Gasteiger partial charge in [0.25, 0.3) is 0 Å². The molecule has 4 aliphatic rings. The topological polar surface area (TPSA) is 141 Å². The number of aliphatic hydroxyl groups excluding tert-OH is 1. The Morgan fingerprint density at radius 3 is 2.54 bits per heavy atom. The van der Waals surface area contributed by atoms with Crippen LogP contribution in [0.25, 0.3) is 0 Å². The highest BCUT2D eigenvalue weighted by atomic mass is 16.5. The number of hydrogen-bond acceptors (Lipinski definition) is 8. The fourth-order valence-corrected chi connectivity index (χ4v) is 6.80. The summed E-state index contributed by atoms with van der Waals surface area (Å²) < 4.78 is 5.84. The Balaban J connectivity index is 1.47. The first-order valence-corrected chi connectivity index (χ1v) is 13.6. The smallest absolute Gasteiger partial charge is 0.488 e. The molecule has 2 aromatic rings. The number of anilines is 1. The van der Waals surface area contributed by atoms with Gasteiger partial charge in [0, 0.05) is 28.2 Å². The summed E-state index contributed by atoms with van der Waals surface area (Å²) in [6, 6.07) is 13.2. The van der Waals surface area contributed by atoms with Crippen molar-refractivity contribution < 1.29 is 39.1 Å². The van der Waals surface area contributed by atoms with E-state index in [0.29, 0.717) is 28.0 Å². The van der Waals surface area contributed by atoms with Gasteiger partial charge in [-0.1, -0.05) is 42.0 Å². The second-order valence-corrected chi connectivity index (χ2v) is 10.8. The van der Waals surface area contributed by atoms with Gasteiger partial charge in [0.15, 0.2) is 11.6 Å². The summed E-state index contributed by atoms with van der Waals surface area (Å²) in [6.45, 7) is 1.45. The van der Waals surface area contributed by atoms with Crippen molar-refractivity contribution in [3.63, 3.8) is 0 Å². The Bertz CT molecular complexity index is 1590. The maximum absolute atomic E-state index is 14.0. The molecule has 1 heterocycles. The number of Topliss-reactive ketones (excluding diaryl/α,β-unsaturated/α-hetero) is 1. The van der Waals surface area contributed by atoms with Crippen molar-refractivity contribution in [2.75, 3.05) is 18.1 Å². The van der Waals surface area contributed by atoms with E-state index in [2.05, 4.69) is 0 Å². The number of fused-ring (bicyclic) bond motifs is 3. The van der Waals surface area contributed by atoms with Gasteiger partial charge in [0.05, 0.1) is 24.1 Å². The number of rotatable bonds is 6. The van der Waals surface area contributed by atoms with Crippen LogP contribution in [0.15, 0.2) is 83.0 Å². The summed E-state index contributed by atoms with van der Waals surface area (Å²) in [7, 11) is -1.76. The third kappa shape index (κ3) is 4.30. The monoisotopic (exact) mass is 553 g/mol. The predicted molar refractivity (Wildman–Crippen MR) is 149 cm³/mol. The van der Waals surface area contributed by atoms with Crippen LogP contribution < -0.4 is 15.1 Å². The van der Waals surface area contributed by atoms with Gasteiger partial charge < -0.3 is 19.9 Å². The standard InChI is InChI=1S/C31H28BNO8/c1-16-13-24(35)23-15-22-19(26(28(23)29(16)36)20-7-2-3-8-25(20)41-12-11-34)9-10-21-27(22)31(38)33(30(21)37)18-6-4-5-17(14-18)32(39)40/h2-9,13-14,21-22,26-27,34,39-40H,10-12,15H2,1H3/t21-,22+,26+,27-/m0/s1. The summed E-state index contributed by atoms with van der Waals surface area (Å²) in [4.78, 5) is 55.7. The van der Waals surface area contributed by atoms with Gasteiger partial charge in [-0.15, -0.1) is 0 Å². The molecule has 41 heavy (non-hydrogen) atoms. The van der Waals surface area contributed by atoms with Crippen LogP contribution in [0.4, 0.5) is 5.69 Å². The molecule has 0 bridgehead atoms. The second-order valence-electron chi connectivity index (χ2n) is 10.8. The Morgan fingerprint density at radius 1 is 1.00 bits per heavy atom. The van der Waals surface area contributed by atoms with E-state index in [1.54, 1.807) is 31.2 Å². The van der Waals surface area contributed by atoms with Crippen LogP contribution in [-0.4, -0.2) is 58.9 Å². The molecule has 0 radical (unpaired) electrons. The molecule has 1 fully saturated rings. The quantitative estimate of drug-likeness (QED) is 0.211. The van der Waals surface area contributed by atoms with Crippen molar-refractivity contribution >= 4 is 41.6 Å². The average molecular weight is 553 g/mol. The maximum Gasteiger partial charge on any atom is 0.488 e. The normalized spacial score (nSPS) is 25.4. The number of carbonyl (C=O) groups is 4. The van der Waals surface area contributed by atoms with Gasteiger partial charge in [0.2, 0.25) is 11.8 Å². The van der Waals surface area contributed by atoms with Gasteiger partial charge >= 0.3 is 7.12 Å². The fraction of sp³-hybridized carbons (Fsp3) is 0.290. The van der Waals surface area contributed by atoms with E-state index >= 15 is 0 Å². The van der Waals surface area contributed by atoms with Crippen LogP contribution in [-0.2, 0) is 19.2 Å². The van der Waals surface area contributed by atoms with Gasteiger partial charge in [-0.2, -0.15) is 0 Å². The Hall–Kier alpha value is -4.12. The largest absolute Gasteiger partial charge is 0.491 e. The lowest BCUT2D eigenvalue weighted by Gasteiger charge is -2.42. The molecule has 1 saturated heterocycles. The van der Waals surface area contributed by atoms with Crippen molar-refractivity contribution in [3.8, 4) is 5.75 Å². The SMILES string of the molecule is CC1=CC(=O)C2=C(C1=O)[C@@H](c1ccccc1OCCO)C1=CC[C@@H]3C(=O)N(c4cccc(B(O)O)c4)C(=O)[C@@H]3[C@@H]1C2. The first-order valence-electron chi connectivity index (χ1n) is 13.6. The van der Waals surface area contributed by atoms with Crippen molar-refractivity contribution in [1.82, 2.24) is 0 Å². The molecular formula is C31H28BNO8. The highest BCUT2D eigenvalue weighted by Gasteiger charge is 2.56. The molecule has 0 spiro atoms. The zero-order valence-electron chi connectivity index (χ0n) is 22.3. The van der Waals surface area contributed by atoms with Crippen molar-refractivity contribution in [2.45, 2.75) is 25.7 Å². The summed E-state index contributed by atoms with van der Waals surface area (Å²) >= 11 is 0. The first-order chi connectivity index (χ1) is 19.7. The number of hydrogen-bond donors (Lipinski definition) is 3. The highest BCUT2D eigenvalue weighted by Crippen LogP contribution is 2.56. The van der Waals surface area contributed by atoms with Gasteiger partial charge in [0.1, 0.15) is 12.4 Å². The minimum absolute atomic E-state index is 0.0399. The second kappa shape index (κ2) is 10.4. The number of amides is 2. The summed E-state index contributed by atoms with van der Waals surface area (Å²) in [5.74, 6) is -3.46. The molecule has 1 aliphatic heterocycles. The molecule has 0 unspecified atom stereocenters. The molecular weight excluding hydrogens is 525 g/mol. The number of ketones is 2.